The monoisotopic (exact) mass is 397 g/mol. The van der Waals surface area contributed by atoms with Crippen LogP contribution in [-0.4, -0.2) is 50.9 Å². The molecule has 1 saturated carbocycles. The zero-order valence-corrected chi connectivity index (χ0v) is 16.4. The number of carbonyl (C=O) groups is 1. The van der Waals surface area contributed by atoms with E-state index in [4.69, 9.17) is 9.47 Å². The summed E-state index contributed by atoms with van der Waals surface area (Å²) in [5, 5.41) is 5.72. The molecule has 3 rings (SSSR count). The van der Waals surface area contributed by atoms with Crippen molar-refractivity contribution in [1.29, 1.82) is 0 Å². The van der Waals surface area contributed by atoms with Crippen LogP contribution in [0.25, 0.3) is 0 Å². The number of benzene rings is 1. The van der Waals surface area contributed by atoms with Crippen molar-refractivity contribution in [3.05, 3.63) is 23.8 Å². The topological polar surface area (TPSA) is 97.0 Å². The molecule has 1 fully saturated rings. The molecule has 1 aromatic rings. The van der Waals surface area contributed by atoms with E-state index in [1.165, 1.54) is 17.0 Å². The van der Waals surface area contributed by atoms with Gasteiger partial charge in [-0.15, -0.1) is 0 Å². The summed E-state index contributed by atoms with van der Waals surface area (Å²) in [6.45, 7) is 0.831. The van der Waals surface area contributed by atoms with Crippen molar-refractivity contribution in [3.8, 4) is 11.5 Å². The van der Waals surface area contributed by atoms with Crippen LogP contribution in [0.1, 0.15) is 37.7 Å². The Morgan fingerprint density at radius 2 is 1.93 bits per heavy atom. The average molecular weight is 397 g/mol. The van der Waals surface area contributed by atoms with E-state index < -0.39 is 10.0 Å². The molecule has 2 aliphatic rings. The third-order valence-corrected chi connectivity index (χ3v) is 6.10. The van der Waals surface area contributed by atoms with E-state index in [-0.39, 0.29) is 38.5 Å². The van der Waals surface area contributed by atoms with Crippen LogP contribution in [0.4, 0.5) is 4.79 Å². The van der Waals surface area contributed by atoms with Crippen LogP contribution in [0.15, 0.2) is 18.2 Å². The molecular formula is C18H27N3O5S. The Hall–Kier alpha value is -2.00. The number of ether oxygens (including phenoxy) is 2. The molecule has 1 aliphatic heterocycles. The van der Waals surface area contributed by atoms with Crippen molar-refractivity contribution in [2.45, 2.75) is 44.7 Å². The second kappa shape index (κ2) is 8.79. The molecule has 9 heteroatoms. The number of rotatable bonds is 7. The van der Waals surface area contributed by atoms with Gasteiger partial charge >= 0.3 is 6.03 Å². The van der Waals surface area contributed by atoms with Gasteiger partial charge in [-0.05, 0) is 30.5 Å². The summed E-state index contributed by atoms with van der Waals surface area (Å²) in [5.74, 6) is 1.27. The van der Waals surface area contributed by atoms with Gasteiger partial charge in [0.25, 0.3) is 0 Å². The predicted octanol–water partition coefficient (Wildman–Crippen LogP) is 1.81. The molecule has 1 heterocycles. The van der Waals surface area contributed by atoms with Gasteiger partial charge in [0, 0.05) is 25.7 Å². The molecule has 0 aromatic heterocycles. The minimum absolute atomic E-state index is 0.175. The SMILES string of the molecule is CS(=O)(=O)N(CCNC(=O)NC1CCCCC1)Cc1ccc2c(c1)OCO2. The number of amides is 2. The number of sulfonamides is 1. The molecule has 0 radical (unpaired) electrons. The van der Waals surface area contributed by atoms with Crippen LogP contribution in [0.2, 0.25) is 0 Å². The quantitative estimate of drug-likeness (QED) is 0.731. The average Bonchev–Trinajstić information content (AvgIpc) is 3.08. The van der Waals surface area contributed by atoms with Crippen molar-refractivity contribution >= 4 is 16.1 Å². The van der Waals surface area contributed by atoms with Crippen molar-refractivity contribution in [1.82, 2.24) is 14.9 Å². The first-order chi connectivity index (χ1) is 12.9. The van der Waals surface area contributed by atoms with E-state index in [0.717, 1.165) is 31.2 Å². The Bertz CT molecular complexity index is 762. The Morgan fingerprint density at radius 3 is 2.67 bits per heavy atom. The van der Waals surface area contributed by atoms with Crippen molar-refractivity contribution in [3.63, 3.8) is 0 Å². The van der Waals surface area contributed by atoms with Crippen LogP contribution in [0.3, 0.4) is 0 Å². The Labute approximate surface area is 160 Å². The standard InChI is InChI=1S/C18H27N3O5S/c1-27(23,24)21(12-14-7-8-16-17(11-14)26-13-25-16)10-9-19-18(22)20-15-5-3-2-4-6-15/h7-8,11,15H,2-6,9-10,12-13H2,1H3,(H2,19,20,22). The van der Waals surface area contributed by atoms with Gasteiger partial charge in [0.15, 0.2) is 11.5 Å². The number of hydrogen-bond donors (Lipinski definition) is 2. The molecule has 0 unspecified atom stereocenters. The summed E-state index contributed by atoms with van der Waals surface area (Å²) in [6, 6.07) is 5.35. The van der Waals surface area contributed by atoms with Crippen molar-refractivity contribution in [2.75, 3.05) is 26.1 Å². The summed E-state index contributed by atoms with van der Waals surface area (Å²) >= 11 is 0. The molecule has 0 bridgehead atoms. The van der Waals surface area contributed by atoms with Crippen LogP contribution in [0.5, 0.6) is 11.5 Å². The van der Waals surface area contributed by atoms with Gasteiger partial charge in [0.05, 0.1) is 6.26 Å². The third kappa shape index (κ3) is 5.74. The second-order valence-corrected chi connectivity index (χ2v) is 9.00. The first-order valence-corrected chi connectivity index (χ1v) is 11.1. The largest absolute Gasteiger partial charge is 0.454 e. The van der Waals surface area contributed by atoms with Crippen LogP contribution in [-0.2, 0) is 16.6 Å². The van der Waals surface area contributed by atoms with Gasteiger partial charge in [-0.25, -0.2) is 13.2 Å². The highest BCUT2D eigenvalue weighted by Gasteiger charge is 2.20. The molecule has 1 aliphatic carbocycles. The molecule has 2 amide bonds. The molecule has 2 N–H and O–H groups in total. The molecule has 27 heavy (non-hydrogen) atoms. The highest BCUT2D eigenvalue weighted by molar-refractivity contribution is 7.88. The van der Waals surface area contributed by atoms with Gasteiger partial charge < -0.3 is 20.1 Å². The summed E-state index contributed by atoms with van der Waals surface area (Å²) in [5.41, 5.74) is 0.802. The van der Waals surface area contributed by atoms with Crippen molar-refractivity contribution < 1.29 is 22.7 Å². The number of urea groups is 1. The van der Waals surface area contributed by atoms with E-state index in [0.29, 0.717) is 11.5 Å². The lowest BCUT2D eigenvalue weighted by atomic mass is 9.96. The normalized spacial score (nSPS) is 17.1. The lowest BCUT2D eigenvalue weighted by Gasteiger charge is -2.24. The Morgan fingerprint density at radius 1 is 1.19 bits per heavy atom. The molecule has 0 saturated heterocycles. The maximum absolute atomic E-state index is 12.1. The highest BCUT2D eigenvalue weighted by Crippen LogP contribution is 2.32. The summed E-state index contributed by atoms with van der Waals surface area (Å²) in [4.78, 5) is 12.0. The van der Waals surface area contributed by atoms with Gasteiger partial charge in [0.2, 0.25) is 16.8 Å². The Balaban J connectivity index is 1.50. The summed E-state index contributed by atoms with van der Waals surface area (Å²) < 4.78 is 36.2. The van der Waals surface area contributed by atoms with E-state index in [2.05, 4.69) is 10.6 Å². The van der Waals surface area contributed by atoms with E-state index in [9.17, 15) is 13.2 Å². The first-order valence-electron chi connectivity index (χ1n) is 9.30. The van der Waals surface area contributed by atoms with Crippen LogP contribution in [0, 0.1) is 0 Å². The number of carbonyl (C=O) groups excluding carboxylic acids is 1. The minimum atomic E-state index is -3.41. The van der Waals surface area contributed by atoms with Crippen LogP contribution >= 0.6 is 0 Å². The number of fused-ring (bicyclic) bond motifs is 1. The van der Waals surface area contributed by atoms with Gasteiger partial charge in [-0.1, -0.05) is 25.3 Å². The van der Waals surface area contributed by atoms with E-state index in [1.54, 1.807) is 12.1 Å². The van der Waals surface area contributed by atoms with Crippen LogP contribution < -0.4 is 20.1 Å². The predicted molar refractivity (Wildman–Crippen MR) is 101 cm³/mol. The maximum Gasteiger partial charge on any atom is 0.315 e. The lowest BCUT2D eigenvalue weighted by Crippen LogP contribution is -2.45. The fourth-order valence-corrected chi connectivity index (χ4v) is 4.19. The lowest BCUT2D eigenvalue weighted by molar-refractivity contribution is 0.174. The molecule has 150 valence electrons. The number of nitrogens with zero attached hydrogens (tertiary/aromatic N) is 1. The van der Waals surface area contributed by atoms with E-state index in [1.807, 2.05) is 6.07 Å². The first kappa shape index (κ1) is 19.8. The van der Waals surface area contributed by atoms with Gasteiger partial charge in [-0.2, -0.15) is 4.31 Å². The summed E-state index contributed by atoms with van der Waals surface area (Å²) in [6.07, 6.45) is 6.69. The smallest absolute Gasteiger partial charge is 0.315 e. The second-order valence-electron chi connectivity index (χ2n) is 7.02. The number of hydrogen-bond acceptors (Lipinski definition) is 5. The molecule has 8 nitrogen and oxygen atoms in total. The fourth-order valence-electron chi connectivity index (χ4n) is 3.38. The molecule has 0 atom stereocenters. The minimum Gasteiger partial charge on any atom is -0.454 e. The fraction of sp³-hybridized carbons (Fsp3) is 0.611. The Kier molecular flexibility index (Phi) is 6.43. The zero-order valence-electron chi connectivity index (χ0n) is 15.6. The number of nitrogens with one attached hydrogen (secondary N) is 2. The highest BCUT2D eigenvalue weighted by atomic mass is 32.2. The summed E-state index contributed by atoms with van der Waals surface area (Å²) in [7, 11) is -3.41. The maximum atomic E-state index is 12.1. The zero-order chi connectivity index (χ0) is 19.3. The van der Waals surface area contributed by atoms with E-state index >= 15 is 0 Å². The van der Waals surface area contributed by atoms with Crippen molar-refractivity contribution in [2.24, 2.45) is 0 Å². The van der Waals surface area contributed by atoms with Gasteiger partial charge in [-0.3, -0.25) is 0 Å². The molecular weight excluding hydrogens is 370 g/mol. The third-order valence-electron chi connectivity index (χ3n) is 4.85. The van der Waals surface area contributed by atoms with Gasteiger partial charge in [0.1, 0.15) is 0 Å². The molecule has 0 spiro atoms. The molecule has 1 aromatic carbocycles.